The van der Waals surface area contributed by atoms with Crippen LogP contribution in [0.15, 0.2) is 71.9 Å². The summed E-state index contributed by atoms with van der Waals surface area (Å²) in [6.45, 7) is 2.77. The van der Waals surface area contributed by atoms with Crippen molar-refractivity contribution >= 4 is 30.0 Å². The molecule has 0 fully saturated rings. The Morgan fingerprint density at radius 1 is 1.04 bits per heavy atom. The lowest BCUT2D eigenvalue weighted by Gasteiger charge is -2.14. The third kappa shape index (κ3) is 5.46. The predicted molar refractivity (Wildman–Crippen MR) is 113 cm³/mol. The summed E-state index contributed by atoms with van der Waals surface area (Å²) in [6, 6.07) is 20.4. The van der Waals surface area contributed by atoms with Gasteiger partial charge in [0.2, 0.25) is 0 Å². The molecular formula is C20H23ClN4S. The number of nitrogens with one attached hydrogen (secondary N) is 1. The van der Waals surface area contributed by atoms with Crippen LogP contribution < -0.4 is 11.1 Å². The highest BCUT2D eigenvalue weighted by Crippen LogP contribution is 2.24. The van der Waals surface area contributed by atoms with Gasteiger partial charge in [-0.15, -0.1) is 24.2 Å². The molecule has 0 aliphatic carbocycles. The van der Waals surface area contributed by atoms with Crippen molar-refractivity contribution in [3.05, 3.63) is 72.6 Å². The molecule has 4 nitrogen and oxygen atoms in total. The van der Waals surface area contributed by atoms with Crippen molar-refractivity contribution in [1.82, 2.24) is 9.97 Å². The van der Waals surface area contributed by atoms with E-state index >= 15 is 0 Å². The van der Waals surface area contributed by atoms with Crippen molar-refractivity contribution < 1.29 is 0 Å². The second kappa shape index (κ2) is 10.2. The number of hydrogen-bond acceptors (Lipinski definition) is 5. The molecule has 1 aromatic heterocycles. The van der Waals surface area contributed by atoms with Crippen molar-refractivity contribution in [2.45, 2.75) is 17.9 Å². The first-order valence-corrected chi connectivity index (χ1v) is 9.34. The maximum Gasteiger partial charge on any atom is 0.130 e. The Kier molecular flexibility index (Phi) is 7.91. The summed E-state index contributed by atoms with van der Waals surface area (Å²) in [5.41, 5.74) is 9.32. The molecular weight excluding hydrogens is 364 g/mol. The third-order valence-corrected chi connectivity index (χ3v) is 4.75. The SMILES string of the molecule is CCSc1ccc(-c2cc(NCC(N)c3ccccc3)ncn2)cc1.Cl. The summed E-state index contributed by atoms with van der Waals surface area (Å²) in [4.78, 5) is 9.95. The van der Waals surface area contributed by atoms with Gasteiger partial charge < -0.3 is 11.1 Å². The van der Waals surface area contributed by atoms with Crippen LogP contribution in [0.3, 0.4) is 0 Å². The molecule has 1 atom stereocenters. The highest BCUT2D eigenvalue weighted by molar-refractivity contribution is 7.99. The number of anilines is 1. The normalized spacial score (nSPS) is 11.5. The molecule has 0 spiro atoms. The van der Waals surface area contributed by atoms with Crippen LogP contribution in [0, 0.1) is 0 Å². The van der Waals surface area contributed by atoms with E-state index in [0.29, 0.717) is 6.54 Å². The Morgan fingerprint density at radius 3 is 2.46 bits per heavy atom. The smallest absolute Gasteiger partial charge is 0.130 e. The van der Waals surface area contributed by atoms with Crippen LogP contribution >= 0.6 is 24.2 Å². The van der Waals surface area contributed by atoms with E-state index in [1.165, 1.54) is 4.90 Å². The monoisotopic (exact) mass is 386 g/mol. The summed E-state index contributed by atoms with van der Waals surface area (Å²) in [5, 5.41) is 3.30. The first-order chi connectivity index (χ1) is 12.3. The highest BCUT2D eigenvalue weighted by atomic mass is 35.5. The van der Waals surface area contributed by atoms with Crippen molar-refractivity contribution in [3.63, 3.8) is 0 Å². The lowest BCUT2D eigenvalue weighted by Crippen LogP contribution is -2.20. The average Bonchev–Trinajstić information content (AvgIpc) is 2.68. The molecule has 26 heavy (non-hydrogen) atoms. The molecule has 3 aromatic rings. The fraction of sp³-hybridized carbons (Fsp3) is 0.200. The van der Waals surface area contributed by atoms with E-state index in [-0.39, 0.29) is 18.4 Å². The lowest BCUT2D eigenvalue weighted by atomic mass is 10.1. The van der Waals surface area contributed by atoms with Gasteiger partial charge in [0, 0.05) is 29.1 Å². The molecule has 6 heteroatoms. The van der Waals surface area contributed by atoms with E-state index in [9.17, 15) is 0 Å². The zero-order valence-electron chi connectivity index (χ0n) is 14.6. The molecule has 136 valence electrons. The number of benzene rings is 2. The topological polar surface area (TPSA) is 63.8 Å². The molecule has 0 radical (unpaired) electrons. The largest absolute Gasteiger partial charge is 0.368 e. The molecule has 0 bridgehead atoms. The minimum absolute atomic E-state index is 0. The first kappa shape index (κ1) is 20.2. The van der Waals surface area contributed by atoms with E-state index < -0.39 is 0 Å². The minimum atomic E-state index is -0.0787. The molecule has 0 aliphatic heterocycles. The van der Waals surface area contributed by atoms with E-state index in [4.69, 9.17) is 5.73 Å². The fourth-order valence-electron chi connectivity index (χ4n) is 2.53. The molecule has 0 saturated carbocycles. The van der Waals surface area contributed by atoms with Crippen LogP contribution in [0.25, 0.3) is 11.3 Å². The van der Waals surface area contributed by atoms with Crippen molar-refractivity contribution in [2.24, 2.45) is 5.73 Å². The van der Waals surface area contributed by atoms with E-state index in [1.54, 1.807) is 6.33 Å². The first-order valence-electron chi connectivity index (χ1n) is 8.36. The standard InChI is InChI=1S/C20H22N4S.ClH/c1-2-25-17-10-8-16(9-11-17)19-12-20(24-14-23-19)22-13-18(21)15-6-4-3-5-7-15;/h3-12,14,18H,2,13,21H2,1H3,(H,22,23,24);1H. The Bertz CT molecular complexity index is 796. The number of nitrogens with two attached hydrogens (primary N) is 1. The molecule has 0 amide bonds. The van der Waals surface area contributed by atoms with Crippen LogP contribution in [0.2, 0.25) is 0 Å². The summed E-state index contributed by atoms with van der Waals surface area (Å²) in [5.74, 6) is 1.85. The van der Waals surface area contributed by atoms with Gasteiger partial charge in [-0.2, -0.15) is 0 Å². The van der Waals surface area contributed by atoms with Gasteiger partial charge in [-0.25, -0.2) is 9.97 Å². The van der Waals surface area contributed by atoms with Crippen molar-refractivity contribution in [2.75, 3.05) is 17.6 Å². The van der Waals surface area contributed by atoms with Gasteiger partial charge in [-0.05, 0) is 23.4 Å². The van der Waals surface area contributed by atoms with Gasteiger partial charge in [0.15, 0.2) is 0 Å². The van der Waals surface area contributed by atoms with Gasteiger partial charge in [0.25, 0.3) is 0 Å². The summed E-state index contributed by atoms with van der Waals surface area (Å²) >= 11 is 1.83. The second-order valence-corrected chi connectivity index (χ2v) is 6.98. The van der Waals surface area contributed by atoms with Gasteiger partial charge in [0.1, 0.15) is 12.1 Å². The quantitative estimate of drug-likeness (QED) is 0.571. The molecule has 2 aromatic carbocycles. The van der Waals surface area contributed by atoms with E-state index in [0.717, 1.165) is 28.4 Å². The van der Waals surface area contributed by atoms with Gasteiger partial charge >= 0.3 is 0 Å². The third-order valence-electron chi connectivity index (χ3n) is 3.86. The van der Waals surface area contributed by atoms with Crippen LogP contribution in [-0.2, 0) is 0 Å². The number of aromatic nitrogens is 2. The zero-order valence-corrected chi connectivity index (χ0v) is 16.3. The maximum atomic E-state index is 6.23. The number of rotatable bonds is 7. The Hall–Kier alpha value is -2.08. The maximum absolute atomic E-state index is 6.23. The molecule has 0 saturated heterocycles. The summed E-state index contributed by atoms with van der Waals surface area (Å²) in [7, 11) is 0. The molecule has 1 heterocycles. The predicted octanol–water partition coefficient (Wildman–Crippen LogP) is 4.79. The van der Waals surface area contributed by atoms with Gasteiger partial charge in [-0.3, -0.25) is 0 Å². The lowest BCUT2D eigenvalue weighted by molar-refractivity contribution is 0.761. The molecule has 3 rings (SSSR count). The Labute approximate surface area is 165 Å². The second-order valence-electron chi connectivity index (χ2n) is 5.64. The van der Waals surface area contributed by atoms with Gasteiger partial charge in [-0.1, -0.05) is 49.4 Å². The van der Waals surface area contributed by atoms with Crippen molar-refractivity contribution in [3.8, 4) is 11.3 Å². The summed E-state index contributed by atoms with van der Waals surface area (Å²) < 4.78 is 0. The highest BCUT2D eigenvalue weighted by Gasteiger charge is 2.07. The number of halogens is 1. The number of hydrogen-bond donors (Lipinski definition) is 2. The average molecular weight is 387 g/mol. The van der Waals surface area contributed by atoms with Crippen molar-refractivity contribution in [1.29, 1.82) is 0 Å². The molecule has 3 N–H and O–H groups in total. The Balaban J connectivity index is 0.00000243. The minimum Gasteiger partial charge on any atom is -0.368 e. The van der Waals surface area contributed by atoms with E-state index in [1.807, 2.05) is 48.2 Å². The van der Waals surface area contributed by atoms with Crippen LogP contribution in [0.5, 0.6) is 0 Å². The zero-order chi connectivity index (χ0) is 17.5. The summed E-state index contributed by atoms with van der Waals surface area (Å²) in [6.07, 6.45) is 1.58. The molecule has 1 unspecified atom stereocenters. The van der Waals surface area contributed by atoms with Gasteiger partial charge in [0.05, 0.1) is 5.69 Å². The fourth-order valence-corrected chi connectivity index (χ4v) is 3.19. The van der Waals surface area contributed by atoms with Crippen LogP contribution in [0.1, 0.15) is 18.5 Å². The van der Waals surface area contributed by atoms with Crippen LogP contribution in [0.4, 0.5) is 5.82 Å². The molecule has 0 aliphatic rings. The Morgan fingerprint density at radius 2 is 1.77 bits per heavy atom. The number of nitrogens with zero attached hydrogens (tertiary/aromatic N) is 2. The number of thioether (sulfide) groups is 1. The van der Waals surface area contributed by atoms with Crippen LogP contribution in [-0.4, -0.2) is 22.3 Å². The van der Waals surface area contributed by atoms with E-state index in [2.05, 4.69) is 46.5 Å².